The van der Waals surface area contributed by atoms with Crippen LogP contribution in [0.3, 0.4) is 0 Å². The van der Waals surface area contributed by atoms with Crippen LogP contribution in [0.1, 0.15) is 0 Å². The van der Waals surface area contributed by atoms with Crippen LogP contribution in [0.2, 0.25) is 0 Å². The maximum Gasteiger partial charge on any atom is 1.00 e. The van der Waals surface area contributed by atoms with Crippen molar-refractivity contribution in [1.29, 1.82) is 0 Å². The molecule has 0 radical (unpaired) electrons. The van der Waals surface area contributed by atoms with E-state index in [2.05, 4.69) is 0 Å². The SMILES string of the molecule is FCF.[Na+]. The maximum absolute atomic E-state index is 9.62. The quantitative estimate of drug-likeness (QED) is 0.289. The fourth-order valence-electron chi connectivity index (χ4n) is 0. The summed E-state index contributed by atoms with van der Waals surface area (Å²) in [6, 6.07) is 0. The topological polar surface area (TPSA) is 0 Å². The van der Waals surface area contributed by atoms with E-state index in [1.807, 2.05) is 0 Å². The normalized spacial score (nSPS) is 4.50. The maximum atomic E-state index is 9.62. The zero-order valence-corrected chi connectivity index (χ0v) is 4.46. The van der Waals surface area contributed by atoms with Gasteiger partial charge in [0.25, 0.3) is 0 Å². The molecule has 0 fully saturated rings. The van der Waals surface area contributed by atoms with Gasteiger partial charge in [-0.2, -0.15) is 0 Å². The fourth-order valence-corrected chi connectivity index (χ4v) is 0. The molecule has 0 aliphatic rings. The Morgan fingerprint density at radius 3 is 1.25 bits per heavy atom. The molecule has 3 heteroatoms. The molecule has 0 rings (SSSR count). The van der Waals surface area contributed by atoms with Crippen LogP contribution in [-0.2, 0) is 0 Å². The molecule has 0 aromatic rings. The van der Waals surface area contributed by atoms with Gasteiger partial charge in [-0.05, 0) is 0 Å². The van der Waals surface area contributed by atoms with Crippen LogP contribution in [0.4, 0.5) is 8.78 Å². The standard InChI is InChI=1S/CH2F2.Na/c2-1-3;/h1H2;/q;+1. The molecular formula is CH2F2Na+. The van der Waals surface area contributed by atoms with E-state index in [0.717, 1.165) is 0 Å². The smallest absolute Gasteiger partial charge is 0.214 e. The molecule has 0 nitrogen and oxygen atoms in total. The molecule has 0 unspecified atom stereocenters. The van der Waals surface area contributed by atoms with Crippen LogP contribution < -0.4 is 29.6 Å². The van der Waals surface area contributed by atoms with Gasteiger partial charge in [0.05, 0.1) is 0 Å². The number of hydrogen-bond donors (Lipinski definition) is 0. The van der Waals surface area contributed by atoms with Gasteiger partial charge in [0.2, 0.25) is 6.93 Å². The van der Waals surface area contributed by atoms with Crippen LogP contribution in [0, 0.1) is 0 Å². The largest absolute Gasteiger partial charge is 1.00 e. The third kappa shape index (κ3) is 13.4. The number of alkyl halides is 2. The summed E-state index contributed by atoms with van der Waals surface area (Å²) in [6.45, 7) is -1.75. The van der Waals surface area contributed by atoms with Gasteiger partial charge in [-0.3, -0.25) is 0 Å². The Morgan fingerprint density at radius 1 is 1.25 bits per heavy atom. The molecule has 0 saturated carbocycles. The van der Waals surface area contributed by atoms with Gasteiger partial charge in [-0.15, -0.1) is 0 Å². The molecule has 0 aliphatic heterocycles. The molecule has 0 bridgehead atoms. The van der Waals surface area contributed by atoms with Crippen molar-refractivity contribution in [1.82, 2.24) is 0 Å². The van der Waals surface area contributed by atoms with Gasteiger partial charge in [-0.1, -0.05) is 0 Å². The monoisotopic (exact) mass is 75.0 g/mol. The van der Waals surface area contributed by atoms with E-state index in [-0.39, 0.29) is 29.6 Å². The predicted octanol–water partition coefficient (Wildman–Crippen LogP) is -2.11. The van der Waals surface area contributed by atoms with E-state index >= 15 is 0 Å². The minimum absolute atomic E-state index is 0. The van der Waals surface area contributed by atoms with Crippen molar-refractivity contribution < 1.29 is 38.3 Å². The summed E-state index contributed by atoms with van der Waals surface area (Å²) in [7, 11) is 0. The van der Waals surface area contributed by atoms with E-state index in [0.29, 0.717) is 0 Å². The molecular weight excluding hydrogens is 73.0 g/mol. The molecule has 0 N–H and O–H groups in total. The first-order valence-corrected chi connectivity index (χ1v) is 0.535. The summed E-state index contributed by atoms with van der Waals surface area (Å²) in [4.78, 5) is 0. The zero-order chi connectivity index (χ0) is 2.71. The number of halogens is 2. The Bertz CT molecular complexity index is 6.00. The van der Waals surface area contributed by atoms with Crippen molar-refractivity contribution in [3.8, 4) is 0 Å². The van der Waals surface area contributed by atoms with Crippen molar-refractivity contribution in [2.45, 2.75) is 0 Å². The van der Waals surface area contributed by atoms with Crippen molar-refractivity contribution in [2.24, 2.45) is 0 Å². The molecule has 20 valence electrons. The average molecular weight is 75.0 g/mol. The third-order valence-electron chi connectivity index (χ3n) is 0. The van der Waals surface area contributed by atoms with Crippen molar-refractivity contribution in [3.05, 3.63) is 0 Å². The van der Waals surface area contributed by atoms with Crippen LogP contribution in [0.15, 0.2) is 0 Å². The molecule has 0 atom stereocenters. The molecule has 0 spiro atoms. The Labute approximate surface area is 45.5 Å². The molecule has 4 heavy (non-hydrogen) atoms. The predicted molar refractivity (Wildman–Crippen MR) is 7.08 cm³/mol. The number of hydrogen-bond acceptors (Lipinski definition) is 0. The summed E-state index contributed by atoms with van der Waals surface area (Å²) in [5, 5.41) is 0. The molecule has 0 aromatic carbocycles. The van der Waals surface area contributed by atoms with E-state index in [9.17, 15) is 8.78 Å². The van der Waals surface area contributed by atoms with Gasteiger partial charge in [0, 0.05) is 0 Å². The Morgan fingerprint density at radius 2 is 1.25 bits per heavy atom. The van der Waals surface area contributed by atoms with Crippen LogP contribution >= 0.6 is 0 Å². The minimum atomic E-state index is -1.75. The number of rotatable bonds is 0. The average Bonchev–Trinajstić information content (AvgIpc) is 0.918. The zero-order valence-electron chi connectivity index (χ0n) is 2.46. The van der Waals surface area contributed by atoms with E-state index < -0.39 is 6.93 Å². The molecule has 0 saturated heterocycles. The second kappa shape index (κ2) is 9.13. The van der Waals surface area contributed by atoms with Crippen LogP contribution in [0.25, 0.3) is 0 Å². The molecule has 0 aliphatic carbocycles. The van der Waals surface area contributed by atoms with Gasteiger partial charge >= 0.3 is 29.6 Å². The second-order valence-electron chi connectivity index (χ2n) is 0.101. The van der Waals surface area contributed by atoms with Crippen LogP contribution in [0.5, 0.6) is 0 Å². The van der Waals surface area contributed by atoms with E-state index in [1.54, 1.807) is 0 Å². The van der Waals surface area contributed by atoms with E-state index in [1.165, 1.54) is 0 Å². The van der Waals surface area contributed by atoms with Gasteiger partial charge in [-0.25, -0.2) is 8.78 Å². The summed E-state index contributed by atoms with van der Waals surface area (Å²) >= 11 is 0. The summed E-state index contributed by atoms with van der Waals surface area (Å²) in [5.41, 5.74) is 0. The van der Waals surface area contributed by atoms with Gasteiger partial charge in [0.15, 0.2) is 0 Å². The van der Waals surface area contributed by atoms with Gasteiger partial charge < -0.3 is 0 Å². The molecule has 0 heterocycles. The van der Waals surface area contributed by atoms with E-state index in [4.69, 9.17) is 0 Å². The first-order valence-electron chi connectivity index (χ1n) is 0.535. The van der Waals surface area contributed by atoms with Crippen molar-refractivity contribution >= 4 is 0 Å². The fraction of sp³-hybridized carbons (Fsp3) is 1.00. The second-order valence-corrected chi connectivity index (χ2v) is 0.101. The Balaban J connectivity index is 0. The first kappa shape index (κ1) is 8.85. The third-order valence-corrected chi connectivity index (χ3v) is 0. The summed E-state index contributed by atoms with van der Waals surface area (Å²) < 4.78 is 19.2. The van der Waals surface area contributed by atoms with Crippen molar-refractivity contribution in [2.75, 3.05) is 6.93 Å². The van der Waals surface area contributed by atoms with Gasteiger partial charge in [0.1, 0.15) is 0 Å². The first-order chi connectivity index (χ1) is 1.41. The van der Waals surface area contributed by atoms with Crippen LogP contribution in [-0.4, -0.2) is 6.93 Å². The summed E-state index contributed by atoms with van der Waals surface area (Å²) in [5.74, 6) is 0. The molecule has 0 aromatic heterocycles. The summed E-state index contributed by atoms with van der Waals surface area (Å²) in [6.07, 6.45) is 0. The molecule has 0 amide bonds. The Hall–Kier alpha value is 0.860. The minimum Gasteiger partial charge on any atom is -0.214 e. The Kier molecular flexibility index (Phi) is 20.2. The van der Waals surface area contributed by atoms with Crippen molar-refractivity contribution in [3.63, 3.8) is 0 Å².